The molecule has 1 atom stereocenters. The van der Waals surface area contributed by atoms with Crippen LogP contribution in [0.3, 0.4) is 0 Å². The lowest BCUT2D eigenvalue weighted by atomic mass is 9.81. The van der Waals surface area contributed by atoms with Crippen molar-refractivity contribution < 1.29 is 0 Å². The van der Waals surface area contributed by atoms with Crippen molar-refractivity contribution in [2.24, 2.45) is 0 Å². The maximum Gasteiger partial charge on any atom is 0.0228 e. The van der Waals surface area contributed by atoms with Crippen LogP contribution in [0.25, 0.3) is 0 Å². The highest BCUT2D eigenvalue weighted by Gasteiger charge is 2.18. The second-order valence-corrected chi connectivity index (χ2v) is 5.38. The molecule has 0 nitrogen and oxygen atoms in total. The van der Waals surface area contributed by atoms with E-state index in [2.05, 4.69) is 62.2 Å². The van der Waals surface area contributed by atoms with Gasteiger partial charge in [0.1, 0.15) is 0 Å². The Bertz CT molecular complexity index is 315. The molecule has 0 bridgehead atoms. The fourth-order valence-corrected chi connectivity index (χ4v) is 1.82. The highest BCUT2D eigenvalue weighted by Crippen LogP contribution is 2.29. The average Bonchev–Trinajstić information content (AvgIpc) is 2.28. The second kappa shape index (κ2) is 4.98. The first-order valence-corrected chi connectivity index (χ1v) is 6.47. The van der Waals surface area contributed by atoms with Crippen molar-refractivity contribution in [3.05, 3.63) is 35.4 Å². The van der Waals surface area contributed by atoms with E-state index in [0.29, 0.717) is 11.3 Å². The van der Waals surface area contributed by atoms with E-state index in [-0.39, 0.29) is 0 Å². The molecule has 0 saturated carbocycles. The summed E-state index contributed by atoms with van der Waals surface area (Å²) in [6.07, 6.45) is 1.18. The highest BCUT2D eigenvalue weighted by molar-refractivity contribution is 6.09. The van der Waals surface area contributed by atoms with E-state index in [4.69, 9.17) is 0 Å². The van der Waals surface area contributed by atoms with Gasteiger partial charge >= 0.3 is 0 Å². The summed E-state index contributed by atoms with van der Waals surface area (Å²) in [6, 6.07) is 10.0. The van der Waals surface area contributed by atoms with Crippen molar-refractivity contribution in [3.63, 3.8) is 0 Å². The van der Waals surface area contributed by atoms with Crippen molar-refractivity contribution in [1.82, 2.24) is 0 Å². The Labute approximate surface area is 97.5 Å². The molecule has 3 radical (unpaired) electrons. The lowest BCUT2D eigenvalue weighted by Gasteiger charge is -2.24. The molecule has 0 aliphatic heterocycles. The molecule has 1 aromatic rings. The summed E-state index contributed by atoms with van der Waals surface area (Å²) in [5, 5.41) is 0. The normalized spacial score (nSPS) is 13.9. The van der Waals surface area contributed by atoms with Crippen LogP contribution in [0.15, 0.2) is 24.3 Å². The van der Waals surface area contributed by atoms with Crippen LogP contribution < -0.4 is 0 Å². The summed E-state index contributed by atoms with van der Waals surface area (Å²) in [6.45, 7) is 9.13. The largest absolute Gasteiger partial charge is 0.0646 e. The SMILES string of the molecule is CCC(C)(C)c1cccc(C(C)C[Si])c1. The van der Waals surface area contributed by atoms with Gasteiger partial charge in [-0.05, 0) is 28.9 Å². The number of benzene rings is 1. The predicted octanol–water partition coefficient (Wildman–Crippen LogP) is 4.06. The zero-order valence-corrected chi connectivity index (χ0v) is 11.3. The number of hydrogen-bond donors (Lipinski definition) is 0. The molecule has 1 rings (SSSR count). The molecule has 0 N–H and O–H groups in total. The van der Waals surface area contributed by atoms with E-state index in [1.165, 1.54) is 17.5 Å². The number of hydrogen-bond acceptors (Lipinski definition) is 0. The van der Waals surface area contributed by atoms with Gasteiger partial charge in [-0.15, -0.1) is 0 Å². The highest BCUT2D eigenvalue weighted by atomic mass is 28.1. The molecule has 1 unspecified atom stereocenters. The van der Waals surface area contributed by atoms with Crippen LogP contribution in [-0.4, -0.2) is 10.2 Å². The molecule has 0 heterocycles. The maximum absolute atomic E-state index is 3.59. The van der Waals surface area contributed by atoms with E-state index >= 15 is 0 Å². The third-order valence-corrected chi connectivity index (χ3v) is 4.04. The first-order chi connectivity index (χ1) is 7.01. The standard InChI is InChI=1S/C14H21Si/c1-5-14(3,4)13-8-6-7-12(9-13)11(2)10-15/h6-9,11H,5,10H2,1-4H3. The molecule has 0 aliphatic rings. The lowest BCUT2D eigenvalue weighted by molar-refractivity contribution is 0.505. The smallest absolute Gasteiger partial charge is 0.0228 e. The van der Waals surface area contributed by atoms with Gasteiger partial charge in [-0.25, -0.2) is 0 Å². The Morgan fingerprint density at radius 3 is 2.53 bits per heavy atom. The minimum Gasteiger partial charge on any atom is -0.0646 e. The lowest BCUT2D eigenvalue weighted by Crippen LogP contribution is -2.15. The molecule has 0 spiro atoms. The summed E-state index contributed by atoms with van der Waals surface area (Å²) in [7, 11) is 3.59. The molecule has 0 aliphatic carbocycles. The molecule has 0 saturated heterocycles. The monoisotopic (exact) mass is 217 g/mol. The Morgan fingerprint density at radius 2 is 2.00 bits per heavy atom. The van der Waals surface area contributed by atoms with Gasteiger partial charge in [0.15, 0.2) is 0 Å². The zero-order chi connectivity index (χ0) is 11.5. The quantitative estimate of drug-likeness (QED) is 0.667. The predicted molar refractivity (Wildman–Crippen MR) is 68.7 cm³/mol. The Hall–Kier alpha value is -0.563. The molecule has 81 valence electrons. The number of rotatable bonds is 4. The summed E-state index contributed by atoms with van der Waals surface area (Å²) >= 11 is 0. The van der Waals surface area contributed by atoms with E-state index in [9.17, 15) is 0 Å². The van der Waals surface area contributed by atoms with Crippen LogP contribution in [0, 0.1) is 0 Å². The molecule has 1 heteroatoms. The first kappa shape index (κ1) is 12.5. The Balaban J connectivity index is 3.02. The molecular formula is C14H21Si. The van der Waals surface area contributed by atoms with Crippen LogP contribution in [-0.2, 0) is 5.41 Å². The van der Waals surface area contributed by atoms with E-state index in [1.807, 2.05) is 0 Å². The van der Waals surface area contributed by atoms with Crippen molar-refractivity contribution >= 4 is 10.2 Å². The van der Waals surface area contributed by atoms with Crippen molar-refractivity contribution in [2.75, 3.05) is 0 Å². The second-order valence-electron chi connectivity index (χ2n) is 4.97. The summed E-state index contributed by atoms with van der Waals surface area (Å²) < 4.78 is 0. The fourth-order valence-electron chi connectivity index (χ4n) is 1.59. The Kier molecular flexibility index (Phi) is 4.15. The third kappa shape index (κ3) is 2.94. The van der Waals surface area contributed by atoms with Crippen molar-refractivity contribution in [2.45, 2.75) is 51.5 Å². The maximum atomic E-state index is 3.59. The van der Waals surface area contributed by atoms with Gasteiger partial charge in [0.25, 0.3) is 0 Å². The van der Waals surface area contributed by atoms with Gasteiger partial charge in [0, 0.05) is 10.2 Å². The average molecular weight is 217 g/mol. The fraction of sp³-hybridized carbons (Fsp3) is 0.571. The molecule has 0 amide bonds. The zero-order valence-electron chi connectivity index (χ0n) is 10.3. The molecular weight excluding hydrogens is 196 g/mol. The van der Waals surface area contributed by atoms with Crippen LogP contribution in [0.5, 0.6) is 0 Å². The van der Waals surface area contributed by atoms with E-state index in [1.54, 1.807) is 0 Å². The minimum absolute atomic E-state index is 0.293. The third-order valence-electron chi connectivity index (χ3n) is 3.43. The van der Waals surface area contributed by atoms with Crippen LogP contribution in [0.1, 0.15) is 51.2 Å². The van der Waals surface area contributed by atoms with Gasteiger partial charge in [-0.3, -0.25) is 0 Å². The minimum atomic E-state index is 0.293. The van der Waals surface area contributed by atoms with E-state index < -0.39 is 0 Å². The van der Waals surface area contributed by atoms with E-state index in [0.717, 1.165) is 6.04 Å². The Morgan fingerprint density at radius 1 is 1.33 bits per heavy atom. The van der Waals surface area contributed by atoms with Crippen LogP contribution >= 0.6 is 0 Å². The molecule has 0 aromatic heterocycles. The first-order valence-electron chi connectivity index (χ1n) is 5.76. The summed E-state index contributed by atoms with van der Waals surface area (Å²) in [5.41, 5.74) is 3.18. The van der Waals surface area contributed by atoms with Crippen LogP contribution in [0.2, 0.25) is 6.04 Å². The van der Waals surface area contributed by atoms with Crippen LogP contribution in [0.4, 0.5) is 0 Å². The van der Waals surface area contributed by atoms with Crippen molar-refractivity contribution in [3.8, 4) is 0 Å². The summed E-state index contributed by atoms with van der Waals surface area (Å²) in [4.78, 5) is 0. The van der Waals surface area contributed by atoms with Gasteiger partial charge < -0.3 is 0 Å². The molecule has 0 fully saturated rings. The van der Waals surface area contributed by atoms with Gasteiger partial charge in [0.05, 0.1) is 0 Å². The van der Waals surface area contributed by atoms with Gasteiger partial charge in [-0.1, -0.05) is 58.0 Å². The summed E-state index contributed by atoms with van der Waals surface area (Å²) in [5.74, 6) is 0.592. The molecule has 15 heavy (non-hydrogen) atoms. The molecule has 1 aromatic carbocycles. The van der Waals surface area contributed by atoms with Crippen molar-refractivity contribution in [1.29, 1.82) is 0 Å². The van der Waals surface area contributed by atoms with Gasteiger partial charge in [0.2, 0.25) is 0 Å². The van der Waals surface area contributed by atoms with Gasteiger partial charge in [-0.2, -0.15) is 0 Å². The topological polar surface area (TPSA) is 0 Å².